The van der Waals surface area contributed by atoms with E-state index < -0.39 is 0 Å². The molecular formula is C21H28N4O2S2. The maximum absolute atomic E-state index is 12.7. The lowest BCUT2D eigenvalue weighted by Gasteiger charge is -2.35. The van der Waals surface area contributed by atoms with Gasteiger partial charge < -0.3 is 15.0 Å². The first-order chi connectivity index (χ1) is 14.2. The van der Waals surface area contributed by atoms with Crippen molar-refractivity contribution in [3.05, 3.63) is 23.2 Å². The lowest BCUT2D eigenvalue weighted by atomic mass is 9.95. The molecule has 0 spiro atoms. The van der Waals surface area contributed by atoms with Crippen molar-refractivity contribution in [3.8, 4) is 5.75 Å². The number of piperidine rings is 1. The molecule has 2 atom stereocenters. The van der Waals surface area contributed by atoms with Gasteiger partial charge in [0.2, 0.25) is 5.91 Å². The lowest BCUT2D eigenvalue weighted by molar-refractivity contribution is -0.131. The Kier molecular flexibility index (Phi) is 5.69. The minimum absolute atomic E-state index is 0.00988. The van der Waals surface area contributed by atoms with Crippen LogP contribution in [0.1, 0.15) is 30.2 Å². The Morgan fingerprint density at radius 1 is 1.28 bits per heavy atom. The van der Waals surface area contributed by atoms with E-state index in [1.54, 1.807) is 7.11 Å². The van der Waals surface area contributed by atoms with E-state index in [1.165, 1.54) is 9.71 Å². The van der Waals surface area contributed by atoms with Crippen LogP contribution in [-0.2, 0) is 4.79 Å². The normalized spacial score (nSPS) is 26.4. The maximum atomic E-state index is 12.7. The summed E-state index contributed by atoms with van der Waals surface area (Å²) in [6.45, 7) is 4.03. The number of aromatic nitrogens is 1. The van der Waals surface area contributed by atoms with Crippen LogP contribution >= 0.6 is 23.1 Å². The van der Waals surface area contributed by atoms with E-state index in [2.05, 4.69) is 16.3 Å². The highest BCUT2D eigenvalue weighted by Gasteiger charge is 2.37. The van der Waals surface area contributed by atoms with Gasteiger partial charge in [-0.3, -0.25) is 9.69 Å². The number of ether oxygens (including phenoxy) is 1. The van der Waals surface area contributed by atoms with Gasteiger partial charge in [-0.2, -0.15) is 0 Å². The van der Waals surface area contributed by atoms with Crippen LogP contribution in [0.2, 0.25) is 0 Å². The molecule has 1 aromatic heterocycles. The van der Waals surface area contributed by atoms with Gasteiger partial charge in [-0.1, -0.05) is 0 Å². The Balaban J connectivity index is 1.17. The fourth-order valence-electron chi connectivity index (χ4n) is 4.73. The minimum atomic E-state index is 0.00988. The van der Waals surface area contributed by atoms with Crippen LogP contribution in [-0.4, -0.2) is 77.7 Å². The number of amides is 1. The first-order valence-corrected chi connectivity index (χ1v) is 12.5. The molecule has 3 saturated heterocycles. The highest BCUT2D eigenvalue weighted by Crippen LogP contribution is 2.36. The van der Waals surface area contributed by atoms with Gasteiger partial charge in [0.15, 0.2) is 0 Å². The average Bonchev–Trinajstić information content (AvgIpc) is 3.53. The summed E-state index contributed by atoms with van der Waals surface area (Å²) in [6, 6.07) is 6.66. The van der Waals surface area contributed by atoms with E-state index in [9.17, 15) is 4.79 Å². The van der Waals surface area contributed by atoms with Gasteiger partial charge >= 0.3 is 0 Å². The number of hydrogen-bond acceptors (Lipinski definition) is 7. The van der Waals surface area contributed by atoms with E-state index in [-0.39, 0.29) is 6.04 Å². The molecule has 4 heterocycles. The van der Waals surface area contributed by atoms with E-state index in [4.69, 9.17) is 9.72 Å². The second kappa shape index (κ2) is 8.41. The van der Waals surface area contributed by atoms with E-state index >= 15 is 0 Å². The first-order valence-electron chi connectivity index (χ1n) is 10.5. The largest absolute Gasteiger partial charge is 0.497 e. The third kappa shape index (κ3) is 4.00. The Morgan fingerprint density at radius 3 is 2.90 bits per heavy atom. The number of carbonyl (C=O) groups is 1. The zero-order chi connectivity index (χ0) is 19.8. The Morgan fingerprint density at radius 2 is 2.14 bits per heavy atom. The molecule has 3 aliphatic rings. The molecule has 2 aromatic rings. The summed E-state index contributed by atoms with van der Waals surface area (Å²) in [5.41, 5.74) is 1.05. The molecule has 0 saturated carbocycles. The maximum Gasteiger partial charge on any atom is 0.240 e. The second-order valence-electron chi connectivity index (χ2n) is 8.19. The molecule has 5 rings (SSSR count). The first kappa shape index (κ1) is 19.6. The molecule has 6 nitrogen and oxygen atoms in total. The number of nitrogens with zero attached hydrogens (tertiary/aromatic N) is 3. The van der Waals surface area contributed by atoms with Gasteiger partial charge in [0.05, 0.1) is 34.3 Å². The number of fused-ring (bicyclic) bond motifs is 1. The molecule has 156 valence electrons. The minimum Gasteiger partial charge on any atom is -0.497 e. The highest BCUT2D eigenvalue weighted by atomic mass is 32.2. The molecule has 1 aromatic carbocycles. The predicted molar refractivity (Wildman–Crippen MR) is 119 cm³/mol. The summed E-state index contributed by atoms with van der Waals surface area (Å²) in [7, 11) is 1.70. The molecule has 1 amide bonds. The van der Waals surface area contributed by atoms with Crippen LogP contribution in [0.25, 0.3) is 10.2 Å². The van der Waals surface area contributed by atoms with Crippen LogP contribution in [0.3, 0.4) is 0 Å². The SMILES string of the molecule is COc1ccc2sc(C3CCN([C@@H]4CN[C@H](C(=O)N5CCSC5)C4)CC3)nc2c1. The van der Waals surface area contributed by atoms with Crippen molar-refractivity contribution in [1.82, 2.24) is 20.1 Å². The van der Waals surface area contributed by atoms with Gasteiger partial charge in [-0.05, 0) is 44.5 Å². The predicted octanol–water partition coefficient (Wildman–Crippen LogP) is 2.75. The molecule has 3 fully saturated rings. The number of thioether (sulfide) groups is 1. The van der Waals surface area contributed by atoms with Gasteiger partial charge in [-0.15, -0.1) is 23.1 Å². The molecule has 1 N–H and O–H groups in total. The lowest BCUT2D eigenvalue weighted by Crippen LogP contribution is -2.42. The van der Waals surface area contributed by atoms with Crippen molar-refractivity contribution in [2.24, 2.45) is 0 Å². The van der Waals surface area contributed by atoms with Gasteiger partial charge in [0.25, 0.3) is 0 Å². The second-order valence-corrected chi connectivity index (χ2v) is 10.3. The summed E-state index contributed by atoms with van der Waals surface area (Å²) in [6.07, 6.45) is 3.25. The molecule has 0 radical (unpaired) electrons. The molecule has 0 aliphatic carbocycles. The Hall–Kier alpha value is -1.35. The zero-order valence-electron chi connectivity index (χ0n) is 16.8. The quantitative estimate of drug-likeness (QED) is 0.802. The van der Waals surface area contributed by atoms with Gasteiger partial charge in [0.1, 0.15) is 5.75 Å². The smallest absolute Gasteiger partial charge is 0.240 e. The number of likely N-dealkylation sites (tertiary alicyclic amines) is 1. The number of thiazole rings is 1. The number of methoxy groups -OCH3 is 1. The zero-order valence-corrected chi connectivity index (χ0v) is 18.4. The Labute approximate surface area is 180 Å². The summed E-state index contributed by atoms with van der Waals surface area (Å²) in [4.78, 5) is 22.2. The van der Waals surface area contributed by atoms with Crippen LogP contribution in [0, 0.1) is 0 Å². The van der Waals surface area contributed by atoms with Crippen molar-refractivity contribution in [2.45, 2.75) is 37.3 Å². The molecular weight excluding hydrogens is 404 g/mol. The summed E-state index contributed by atoms with van der Waals surface area (Å²) >= 11 is 3.68. The highest BCUT2D eigenvalue weighted by molar-refractivity contribution is 7.99. The van der Waals surface area contributed by atoms with Crippen molar-refractivity contribution < 1.29 is 9.53 Å². The summed E-state index contributed by atoms with van der Waals surface area (Å²) in [5, 5.41) is 4.75. The topological polar surface area (TPSA) is 57.7 Å². The molecule has 29 heavy (non-hydrogen) atoms. The van der Waals surface area contributed by atoms with E-state index in [1.807, 2.05) is 40.1 Å². The summed E-state index contributed by atoms with van der Waals surface area (Å²) < 4.78 is 6.57. The molecule has 0 unspecified atom stereocenters. The number of carbonyl (C=O) groups excluding carboxylic acids is 1. The van der Waals surface area contributed by atoms with Crippen molar-refractivity contribution in [1.29, 1.82) is 0 Å². The van der Waals surface area contributed by atoms with Crippen molar-refractivity contribution in [3.63, 3.8) is 0 Å². The fourth-order valence-corrected chi connectivity index (χ4v) is 6.80. The van der Waals surface area contributed by atoms with Crippen LogP contribution in [0.15, 0.2) is 18.2 Å². The number of benzene rings is 1. The number of rotatable bonds is 4. The van der Waals surface area contributed by atoms with E-state index in [0.29, 0.717) is 17.9 Å². The molecule has 8 heteroatoms. The third-order valence-electron chi connectivity index (χ3n) is 6.48. The molecule has 0 bridgehead atoms. The third-order valence-corrected chi connectivity index (χ3v) is 8.64. The van der Waals surface area contributed by atoms with E-state index in [0.717, 1.165) is 68.3 Å². The summed E-state index contributed by atoms with van der Waals surface area (Å²) in [5.74, 6) is 3.66. The fraction of sp³-hybridized carbons (Fsp3) is 0.619. The monoisotopic (exact) mass is 432 g/mol. The number of nitrogens with one attached hydrogen (secondary N) is 1. The van der Waals surface area contributed by atoms with Gasteiger partial charge in [-0.25, -0.2) is 4.98 Å². The van der Waals surface area contributed by atoms with Crippen molar-refractivity contribution >= 4 is 39.2 Å². The van der Waals surface area contributed by atoms with Crippen molar-refractivity contribution in [2.75, 3.05) is 44.9 Å². The van der Waals surface area contributed by atoms with Crippen LogP contribution < -0.4 is 10.1 Å². The number of hydrogen-bond donors (Lipinski definition) is 1. The average molecular weight is 433 g/mol. The molecule has 3 aliphatic heterocycles. The van der Waals surface area contributed by atoms with Crippen LogP contribution in [0.5, 0.6) is 5.75 Å². The van der Waals surface area contributed by atoms with Gasteiger partial charge in [0, 0.05) is 36.9 Å². The van der Waals surface area contributed by atoms with Crippen LogP contribution in [0.4, 0.5) is 0 Å². The standard InChI is InChI=1S/C21H28N4O2S2/c1-27-16-2-3-19-17(11-16)23-20(29-19)14-4-6-24(7-5-14)15-10-18(22-12-15)21(26)25-8-9-28-13-25/h2-3,11,14-15,18,22H,4-10,12-13H2,1H3/t15-,18-/m0/s1. The Bertz CT molecular complexity index is 875.